The number of ether oxygens (including phenoxy) is 1. The lowest BCUT2D eigenvalue weighted by atomic mass is 9.43. The molecule has 2 nitrogen and oxygen atoms in total. The van der Waals surface area contributed by atoms with Gasteiger partial charge in [0.05, 0.1) is 7.11 Å². The highest BCUT2D eigenvalue weighted by molar-refractivity contribution is 5.89. The van der Waals surface area contributed by atoms with E-state index in [2.05, 4.69) is 38.1 Å². The van der Waals surface area contributed by atoms with Gasteiger partial charge in [-0.15, -0.1) is 0 Å². The van der Waals surface area contributed by atoms with Gasteiger partial charge in [-0.3, -0.25) is 4.79 Å². The minimum atomic E-state index is -0.459. The molecule has 94 valence electrons. The minimum absolute atomic E-state index is 0.0881. The van der Waals surface area contributed by atoms with Gasteiger partial charge in [-0.05, 0) is 23.0 Å². The van der Waals surface area contributed by atoms with Crippen molar-refractivity contribution in [1.82, 2.24) is 0 Å². The molecule has 0 aromatic heterocycles. The summed E-state index contributed by atoms with van der Waals surface area (Å²) < 4.78 is 5.12. The molecule has 0 N–H and O–H groups in total. The maximum absolute atomic E-state index is 12.4. The summed E-state index contributed by atoms with van der Waals surface area (Å²) in [5.41, 5.74) is 1.83. The van der Waals surface area contributed by atoms with Crippen molar-refractivity contribution in [2.45, 2.75) is 19.3 Å². The van der Waals surface area contributed by atoms with Crippen molar-refractivity contribution in [2.24, 2.45) is 17.8 Å². The summed E-state index contributed by atoms with van der Waals surface area (Å²) in [4.78, 5) is 12.4. The number of allylic oxidation sites excluding steroid dienone is 1. The molecule has 0 amide bonds. The lowest BCUT2D eigenvalue weighted by Gasteiger charge is -2.58. The van der Waals surface area contributed by atoms with Crippen LogP contribution in [0, 0.1) is 17.8 Å². The molecule has 1 saturated carbocycles. The molecule has 2 aliphatic rings. The van der Waals surface area contributed by atoms with Crippen LogP contribution in [-0.4, -0.2) is 13.1 Å². The summed E-state index contributed by atoms with van der Waals surface area (Å²) in [5, 5.41) is 0. The SMILES string of the molecule is COC(=O)[C@@]12c3ccccc3C=CC1[C@@H](C)[C@@H]2C. The van der Waals surface area contributed by atoms with E-state index in [1.54, 1.807) is 0 Å². The number of esters is 1. The van der Waals surface area contributed by atoms with Gasteiger partial charge < -0.3 is 4.74 Å². The third-order valence-electron chi connectivity index (χ3n) is 5.01. The molecule has 0 bridgehead atoms. The van der Waals surface area contributed by atoms with E-state index in [0.717, 1.165) is 11.1 Å². The van der Waals surface area contributed by atoms with Gasteiger partial charge in [0.1, 0.15) is 5.41 Å². The van der Waals surface area contributed by atoms with Crippen molar-refractivity contribution in [2.75, 3.05) is 7.11 Å². The zero-order valence-electron chi connectivity index (χ0n) is 11.0. The number of hydrogen-bond acceptors (Lipinski definition) is 2. The first-order valence-electron chi connectivity index (χ1n) is 6.50. The Hall–Kier alpha value is -1.57. The van der Waals surface area contributed by atoms with Crippen molar-refractivity contribution < 1.29 is 9.53 Å². The largest absolute Gasteiger partial charge is 0.468 e. The Morgan fingerprint density at radius 3 is 2.72 bits per heavy atom. The van der Waals surface area contributed by atoms with E-state index < -0.39 is 5.41 Å². The zero-order valence-corrected chi connectivity index (χ0v) is 11.0. The van der Waals surface area contributed by atoms with Crippen LogP contribution >= 0.6 is 0 Å². The smallest absolute Gasteiger partial charge is 0.317 e. The maximum Gasteiger partial charge on any atom is 0.317 e. The lowest BCUT2D eigenvalue weighted by Crippen LogP contribution is -2.63. The second-order valence-corrected chi connectivity index (χ2v) is 5.48. The van der Waals surface area contributed by atoms with Gasteiger partial charge in [-0.25, -0.2) is 0 Å². The molecule has 0 heterocycles. The Kier molecular flexibility index (Phi) is 2.37. The molecular weight excluding hydrogens is 224 g/mol. The van der Waals surface area contributed by atoms with Crippen molar-refractivity contribution >= 4 is 12.0 Å². The number of carbonyl (C=O) groups is 1. The summed E-state index contributed by atoms with van der Waals surface area (Å²) in [6, 6.07) is 8.17. The fraction of sp³-hybridized carbons (Fsp3) is 0.438. The molecule has 0 aliphatic heterocycles. The van der Waals surface area contributed by atoms with E-state index in [4.69, 9.17) is 4.74 Å². The monoisotopic (exact) mass is 242 g/mol. The van der Waals surface area contributed by atoms with Gasteiger partial charge >= 0.3 is 5.97 Å². The molecule has 1 aromatic rings. The zero-order chi connectivity index (χ0) is 12.9. The molecule has 0 spiro atoms. The van der Waals surface area contributed by atoms with E-state index in [9.17, 15) is 4.79 Å². The molecule has 0 saturated heterocycles. The summed E-state index contributed by atoms with van der Waals surface area (Å²) in [6.45, 7) is 4.38. The van der Waals surface area contributed by atoms with Crippen LogP contribution in [-0.2, 0) is 14.9 Å². The summed E-state index contributed by atoms with van der Waals surface area (Å²) in [5.74, 6) is 1.03. The second kappa shape index (κ2) is 3.71. The highest BCUT2D eigenvalue weighted by atomic mass is 16.5. The number of hydrogen-bond donors (Lipinski definition) is 0. The Morgan fingerprint density at radius 1 is 1.28 bits per heavy atom. The highest BCUT2D eigenvalue weighted by Crippen LogP contribution is 2.60. The van der Waals surface area contributed by atoms with Crippen molar-refractivity contribution in [3.05, 3.63) is 41.5 Å². The molecule has 18 heavy (non-hydrogen) atoms. The molecule has 0 radical (unpaired) electrons. The van der Waals surface area contributed by atoms with Crippen LogP contribution in [0.25, 0.3) is 6.08 Å². The fourth-order valence-electron chi connectivity index (χ4n) is 3.90. The van der Waals surface area contributed by atoms with Crippen LogP contribution in [0.5, 0.6) is 0 Å². The Labute approximate surface area is 108 Å². The quantitative estimate of drug-likeness (QED) is 0.708. The van der Waals surface area contributed by atoms with E-state index in [-0.39, 0.29) is 11.9 Å². The average molecular weight is 242 g/mol. The topological polar surface area (TPSA) is 26.3 Å². The van der Waals surface area contributed by atoms with Crippen molar-refractivity contribution in [1.29, 1.82) is 0 Å². The Bertz CT molecular complexity index is 532. The van der Waals surface area contributed by atoms with Crippen LogP contribution in [0.1, 0.15) is 25.0 Å². The predicted molar refractivity (Wildman–Crippen MR) is 71.0 cm³/mol. The number of benzene rings is 1. The van der Waals surface area contributed by atoms with Crippen LogP contribution in [0.15, 0.2) is 30.3 Å². The molecular formula is C16H18O2. The third-order valence-corrected chi connectivity index (χ3v) is 5.01. The van der Waals surface area contributed by atoms with Crippen molar-refractivity contribution in [3.63, 3.8) is 0 Å². The van der Waals surface area contributed by atoms with E-state index >= 15 is 0 Å². The molecule has 1 aromatic carbocycles. The van der Waals surface area contributed by atoms with Gasteiger partial charge in [-0.1, -0.05) is 50.3 Å². The van der Waals surface area contributed by atoms with E-state index in [1.807, 2.05) is 12.1 Å². The Balaban J connectivity index is 2.22. The molecule has 4 atom stereocenters. The van der Waals surface area contributed by atoms with Gasteiger partial charge in [0.2, 0.25) is 0 Å². The fourth-order valence-corrected chi connectivity index (χ4v) is 3.90. The third kappa shape index (κ3) is 1.11. The summed E-state index contributed by atoms with van der Waals surface area (Å²) >= 11 is 0. The first-order valence-corrected chi connectivity index (χ1v) is 6.50. The van der Waals surface area contributed by atoms with Crippen LogP contribution < -0.4 is 0 Å². The molecule has 1 fully saturated rings. The minimum Gasteiger partial charge on any atom is -0.468 e. The average Bonchev–Trinajstić information content (AvgIpc) is 2.43. The van der Waals surface area contributed by atoms with Gasteiger partial charge in [0.15, 0.2) is 0 Å². The summed E-state index contributed by atoms with van der Waals surface area (Å²) in [7, 11) is 1.49. The molecule has 3 rings (SSSR count). The first kappa shape index (κ1) is 11.5. The van der Waals surface area contributed by atoms with E-state index in [0.29, 0.717) is 11.8 Å². The van der Waals surface area contributed by atoms with Crippen molar-refractivity contribution in [3.8, 4) is 0 Å². The number of methoxy groups -OCH3 is 1. The molecule has 1 unspecified atom stereocenters. The molecule has 2 aliphatic carbocycles. The standard InChI is InChI=1S/C16H18O2/c1-10-11(2)16(15(17)18-3)13(10)9-8-12-6-4-5-7-14(12)16/h4-11,13H,1-3H3/t10-,11-,13?,16+/m0/s1. The summed E-state index contributed by atoms with van der Waals surface area (Å²) in [6.07, 6.45) is 4.33. The van der Waals surface area contributed by atoms with Gasteiger partial charge in [0.25, 0.3) is 0 Å². The van der Waals surface area contributed by atoms with Gasteiger partial charge in [0, 0.05) is 5.92 Å². The second-order valence-electron chi connectivity index (χ2n) is 5.48. The number of rotatable bonds is 1. The number of carbonyl (C=O) groups excluding carboxylic acids is 1. The van der Waals surface area contributed by atoms with Crippen LogP contribution in [0.4, 0.5) is 0 Å². The van der Waals surface area contributed by atoms with Crippen LogP contribution in [0.3, 0.4) is 0 Å². The Morgan fingerprint density at radius 2 is 2.00 bits per heavy atom. The maximum atomic E-state index is 12.4. The molecule has 2 heteroatoms. The lowest BCUT2D eigenvalue weighted by molar-refractivity contribution is -0.164. The van der Waals surface area contributed by atoms with E-state index in [1.165, 1.54) is 7.11 Å². The predicted octanol–water partition coefficient (Wildman–Crippen LogP) is 3.03. The first-order chi connectivity index (χ1) is 8.64. The number of fused-ring (bicyclic) bond motifs is 3. The van der Waals surface area contributed by atoms with Crippen LogP contribution in [0.2, 0.25) is 0 Å². The normalized spacial score (nSPS) is 36.3. The van der Waals surface area contributed by atoms with Gasteiger partial charge in [-0.2, -0.15) is 0 Å². The highest BCUT2D eigenvalue weighted by Gasteiger charge is 2.64.